The minimum atomic E-state index is -0.460. The van der Waals surface area contributed by atoms with Crippen molar-refractivity contribution in [3.8, 4) is 5.75 Å². The molecule has 4 nitrogen and oxygen atoms in total. The first-order valence-corrected chi connectivity index (χ1v) is 6.81. The number of para-hydroxylation sites is 1. The fourth-order valence-corrected chi connectivity index (χ4v) is 1.99. The summed E-state index contributed by atoms with van der Waals surface area (Å²) in [6.07, 6.45) is -0.460. The van der Waals surface area contributed by atoms with Crippen LogP contribution in [0, 0.1) is 0 Å². The average Bonchev–Trinajstić information content (AvgIpc) is 2.42. The first-order chi connectivity index (χ1) is 9.13. The largest absolute Gasteiger partial charge is 0.481 e. The lowest BCUT2D eigenvalue weighted by Gasteiger charge is -2.24. The number of likely N-dealkylation sites (N-methyl/N-ethyl adjacent to an activating group) is 1. The molecule has 0 aliphatic carbocycles. The summed E-state index contributed by atoms with van der Waals surface area (Å²) < 4.78 is 5.81. The van der Waals surface area contributed by atoms with Crippen LogP contribution in [0.2, 0.25) is 0 Å². The number of carbonyl (C=O) groups is 1. The molecule has 0 saturated heterocycles. The normalized spacial score (nSPS) is 12.0. The summed E-state index contributed by atoms with van der Waals surface area (Å²) in [5.41, 5.74) is 1.06. The maximum absolute atomic E-state index is 12.2. The Kier molecular flexibility index (Phi) is 6.36. The van der Waals surface area contributed by atoms with Crippen LogP contribution in [0.25, 0.3) is 0 Å². The van der Waals surface area contributed by atoms with Crippen molar-refractivity contribution in [1.29, 1.82) is 0 Å². The van der Waals surface area contributed by atoms with Crippen molar-refractivity contribution in [2.24, 2.45) is 0 Å². The van der Waals surface area contributed by atoms with Gasteiger partial charge in [0.1, 0.15) is 5.75 Å². The minimum Gasteiger partial charge on any atom is -0.481 e. The van der Waals surface area contributed by atoms with E-state index in [9.17, 15) is 4.79 Å². The SMILES string of the molecule is CCN(CC)C(=O)C(C)Oc1ccccc1CNC. The second-order valence-corrected chi connectivity index (χ2v) is 4.41. The van der Waals surface area contributed by atoms with Gasteiger partial charge < -0.3 is 15.0 Å². The number of rotatable bonds is 7. The molecule has 0 fully saturated rings. The molecule has 0 bridgehead atoms. The number of hydrogen-bond acceptors (Lipinski definition) is 3. The quantitative estimate of drug-likeness (QED) is 0.819. The van der Waals surface area contributed by atoms with Crippen molar-refractivity contribution in [3.05, 3.63) is 29.8 Å². The summed E-state index contributed by atoms with van der Waals surface area (Å²) in [7, 11) is 1.89. The Morgan fingerprint density at radius 3 is 2.53 bits per heavy atom. The zero-order valence-electron chi connectivity index (χ0n) is 12.3. The molecule has 1 N–H and O–H groups in total. The predicted octanol–water partition coefficient (Wildman–Crippen LogP) is 2.04. The van der Waals surface area contributed by atoms with Gasteiger partial charge in [-0.1, -0.05) is 18.2 Å². The lowest BCUT2D eigenvalue weighted by atomic mass is 10.2. The number of amides is 1. The maximum Gasteiger partial charge on any atom is 0.263 e. The molecule has 1 amide bonds. The number of nitrogens with one attached hydrogen (secondary N) is 1. The van der Waals surface area contributed by atoms with Crippen LogP contribution in [-0.2, 0) is 11.3 Å². The third-order valence-electron chi connectivity index (χ3n) is 3.07. The highest BCUT2D eigenvalue weighted by molar-refractivity contribution is 5.80. The van der Waals surface area contributed by atoms with Gasteiger partial charge in [0.2, 0.25) is 0 Å². The van der Waals surface area contributed by atoms with Crippen LogP contribution in [-0.4, -0.2) is 37.0 Å². The van der Waals surface area contributed by atoms with Crippen LogP contribution in [0.5, 0.6) is 5.75 Å². The fourth-order valence-electron chi connectivity index (χ4n) is 1.99. The van der Waals surface area contributed by atoms with E-state index in [1.165, 1.54) is 0 Å². The van der Waals surface area contributed by atoms with Crippen molar-refractivity contribution in [2.75, 3.05) is 20.1 Å². The summed E-state index contributed by atoms with van der Waals surface area (Å²) in [6.45, 7) is 7.90. The number of hydrogen-bond donors (Lipinski definition) is 1. The zero-order chi connectivity index (χ0) is 14.3. The smallest absolute Gasteiger partial charge is 0.263 e. The van der Waals surface area contributed by atoms with Gasteiger partial charge in [-0.15, -0.1) is 0 Å². The van der Waals surface area contributed by atoms with Crippen LogP contribution >= 0.6 is 0 Å². The molecule has 0 aromatic heterocycles. The van der Waals surface area contributed by atoms with Gasteiger partial charge in [0.15, 0.2) is 6.10 Å². The molecule has 1 aromatic carbocycles. The van der Waals surface area contributed by atoms with Crippen molar-refractivity contribution >= 4 is 5.91 Å². The molecule has 0 heterocycles. The molecule has 0 radical (unpaired) electrons. The minimum absolute atomic E-state index is 0.0317. The van der Waals surface area contributed by atoms with Gasteiger partial charge in [-0.05, 0) is 33.9 Å². The van der Waals surface area contributed by atoms with E-state index in [0.29, 0.717) is 13.1 Å². The van der Waals surface area contributed by atoms with Crippen molar-refractivity contribution in [1.82, 2.24) is 10.2 Å². The van der Waals surface area contributed by atoms with Crippen LogP contribution in [0.1, 0.15) is 26.3 Å². The third kappa shape index (κ3) is 4.24. The van der Waals surface area contributed by atoms with Gasteiger partial charge in [0.25, 0.3) is 5.91 Å². The van der Waals surface area contributed by atoms with Gasteiger partial charge >= 0.3 is 0 Å². The monoisotopic (exact) mass is 264 g/mol. The standard InChI is InChI=1S/C15H24N2O2/c1-5-17(6-2)15(18)12(3)19-14-10-8-7-9-13(14)11-16-4/h7-10,12,16H,5-6,11H2,1-4H3. The Hall–Kier alpha value is -1.55. The number of nitrogens with zero attached hydrogens (tertiary/aromatic N) is 1. The summed E-state index contributed by atoms with van der Waals surface area (Å²) in [5, 5.41) is 3.10. The molecule has 1 aromatic rings. The van der Waals surface area contributed by atoms with E-state index in [-0.39, 0.29) is 5.91 Å². The molecular weight excluding hydrogens is 240 g/mol. The molecule has 1 unspecified atom stereocenters. The van der Waals surface area contributed by atoms with Crippen molar-refractivity contribution in [2.45, 2.75) is 33.4 Å². The van der Waals surface area contributed by atoms with E-state index >= 15 is 0 Å². The van der Waals surface area contributed by atoms with E-state index in [0.717, 1.165) is 17.9 Å². The van der Waals surface area contributed by atoms with Crippen LogP contribution in [0.4, 0.5) is 0 Å². The zero-order valence-corrected chi connectivity index (χ0v) is 12.3. The van der Waals surface area contributed by atoms with Crippen molar-refractivity contribution < 1.29 is 9.53 Å². The van der Waals surface area contributed by atoms with E-state index in [1.54, 1.807) is 11.8 Å². The second kappa shape index (κ2) is 7.79. The van der Waals surface area contributed by atoms with Gasteiger partial charge in [-0.3, -0.25) is 4.79 Å². The Morgan fingerprint density at radius 1 is 1.32 bits per heavy atom. The Labute approximate surface area is 115 Å². The van der Waals surface area contributed by atoms with E-state index in [2.05, 4.69) is 5.32 Å². The summed E-state index contributed by atoms with van der Waals surface area (Å²) >= 11 is 0. The lowest BCUT2D eigenvalue weighted by Crippen LogP contribution is -2.40. The number of carbonyl (C=O) groups excluding carboxylic acids is 1. The summed E-state index contributed by atoms with van der Waals surface area (Å²) in [4.78, 5) is 13.9. The number of ether oxygens (including phenoxy) is 1. The molecule has 0 aliphatic heterocycles. The van der Waals surface area contributed by atoms with E-state index in [1.807, 2.05) is 45.2 Å². The molecule has 106 valence electrons. The number of benzene rings is 1. The Balaban J connectivity index is 2.76. The van der Waals surface area contributed by atoms with E-state index in [4.69, 9.17) is 4.74 Å². The third-order valence-corrected chi connectivity index (χ3v) is 3.07. The summed E-state index contributed by atoms with van der Waals surface area (Å²) in [6, 6.07) is 7.79. The maximum atomic E-state index is 12.2. The Bertz CT molecular complexity index is 403. The summed E-state index contributed by atoms with van der Waals surface area (Å²) in [5.74, 6) is 0.800. The highest BCUT2D eigenvalue weighted by Gasteiger charge is 2.20. The fraction of sp³-hybridized carbons (Fsp3) is 0.533. The second-order valence-electron chi connectivity index (χ2n) is 4.41. The predicted molar refractivity (Wildman–Crippen MR) is 77.2 cm³/mol. The highest BCUT2D eigenvalue weighted by Crippen LogP contribution is 2.19. The van der Waals surface area contributed by atoms with Crippen LogP contribution in [0.3, 0.4) is 0 Å². The average molecular weight is 264 g/mol. The van der Waals surface area contributed by atoms with Gasteiger partial charge in [-0.25, -0.2) is 0 Å². The van der Waals surface area contributed by atoms with Crippen LogP contribution in [0.15, 0.2) is 24.3 Å². The molecule has 4 heteroatoms. The molecule has 0 spiro atoms. The highest BCUT2D eigenvalue weighted by atomic mass is 16.5. The topological polar surface area (TPSA) is 41.6 Å². The molecule has 1 rings (SSSR count). The molecule has 1 atom stereocenters. The molecule has 0 saturated carbocycles. The first kappa shape index (κ1) is 15.5. The van der Waals surface area contributed by atoms with Gasteiger partial charge in [0, 0.05) is 25.2 Å². The van der Waals surface area contributed by atoms with Gasteiger partial charge in [0.05, 0.1) is 0 Å². The Morgan fingerprint density at radius 2 is 1.95 bits per heavy atom. The molecular formula is C15H24N2O2. The molecule has 0 aliphatic rings. The van der Waals surface area contributed by atoms with Crippen molar-refractivity contribution in [3.63, 3.8) is 0 Å². The lowest BCUT2D eigenvalue weighted by molar-refractivity contribution is -0.137. The van der Waals surface area contributed by atoms with Gasteiger partial charge in [-0.2, -0.15) is 0 Å². The first-order valence-electron chi connectivity index (χ1n) is 6.81. The van der Waals surface area contributed by atoms with E-state index < -0.39 is 6.10 Å². The molecule has 19 heavy (non-hydrogen) atoms. The van der Waals surface area contributed by atoms with Crippen LogP contribution < -0.4 is 10.1 Å².